The molecule has 1 N–H and O–H groups in total. The highest BCUT2D eigenvalue weighted by atomic mass is 32.2. The van der Waals surface area contributed by atoms with E-state index in [2.05, 4.69) is 0 Å². The molecule has 0 saturated heterocycles. The van der Waals surface area contributed by atoms with Crippen LogP contribution in [0.4, 0.5) is 0 Å². The van der Waals surface area contributed by atoms with Crippen molar-refractivity contribution in [1.29, 1.82) is 0 Å². The van der Waals surface area contributed by atoms with E-state index in [4.69, 9.17) is 0 Å². The minimum absolute atomic E-state index is 0.0404. The summed E-state index contributed by atoms with van der Waals surface area (Å²) in [6.07, 6.45) is 2.84. The third-order valence-corrected chi connectivity index (χ3v) is 3.56. The molecular formula is C17H16O2S. The van der Waals surface area contributed by atoms with Gasteiger partial charge >= 0.3 is 0 Å². The first-order valence-corrected chi connectivity index (χ1v) is 7.23. The monoisotopic (exact) mass is 284 g/mol. The van der Waals surface area contributed by atoms with Gasteiger partial charge in [0.05, 0.1) is 6.10 Å². The van der Waals surface area contributed by atoms with Crippen molar-refractivity contribution >= 4 is 23.0 Å². The molecule has 2 nitrogen and oxygen atoms in total. The molecule has 2 aromatic rings. The molecule has 102 valence electrons. The van der Waals surface area contributed by atoms with Gasteiger partial charge in [0.1, 0.15) is 0 Å². The molecule has 0 spiro atoms. The van der Waals surface area contributed by atoms with Crippen LogP contribution in [0.3, 0.4) is 0 Å². The van der Waals surface area contributed by atoms with Gasteiger partial charge in [-0.2, -0.15) is 0 Å². The number of carbonyl (C=O) groups excluding carboxylic acids is 1. The fraction of sp³-hybridized carbons (Fsp3) is 0.118. The van der Waals surface area contributed by atoms with Gasteiger partial charge in [-0.1, -0.05) is 72.4 Å². The van der Waals surface area contributed by atoms with Crippen LogP contribution in [0.15, 0.2) is 71.6 Å². The zero-order valence-electron chi connectivity index (χ0n) is 11.0. The van der Waals surface area contributed by atoms with Crippen LogP contribution in [0.25, 0.3) is 6.08 Å². The van der Waals surface area contributed by atoms with Gasteiger partial charge in [-0.3, -0.25) is 4.79 Å². The molecular weight excluding hydrogens is 268 g/mol. The van der Waals surface area contributed by atoms with Gasteiger partial charge in [0.15, 0.2) is 5.12 Å². The number of hydrogen-bond donors (Lipinski definition) is 1. The summed E-state index contributed by atoms with van der Waals surface area (Å²) in [6.45, 7) is 0. The molecule has 1 unspecified atom stereocenters. The lowest BCUT2D eigenvalue weighted by Crippen LogP contribution is -2.07. The topological polar surface area (TPSA) is 37.3 Å². The van der Waals surface area contributed by atoms with Crippen molar-refractivity contribution in [2.75, 3.05) is 0 Å². The molecule has 2 rings (SSSR count). The first-order valence-electron chi connectivity index (χ1n) is 6.41. The summed E-state index contributed by atoms with van der Waals surface area (Å²) in [5, 5.41) is 9.80. The van der Waals surface area contributed by atoms with E-state index in [-0.39, 0.29) is 11.5 Å². The van der Waals surface area contributed by atoms with Crippen molar-refractivity contribution in [3.63, 3.8) is 0 Å². The Kier molecular flexibility index (Phi) is 5.59. The second kappa shape index (κ2) is 7.68. The van der Waals surface area contributed by atoms with Crippen LogP contribution in [0.5, 0.6) is 0 Å². The smallest absolute Gasteiger partial charge is 0.196 e. The Labute approximate surface area is 123 Å². The molecule has 0 aliphatic carbocycles. The van der Waals surface area contributed by atoms with E-state index < -0.39 is 6.10 Å². The van der Waals surface area contributed by atoms with Crippen LogP contribution in [0, 0.1) is 0 Å². The normalized spacial score (nSPS) is 12.4. The van der Waals surface area contributed by atoms with Crippen molar-refractivity contribution in [3.05, 3.63) is 72.3 Å². The summed E-state index contributed by atoms with van der Waals surface area (Å²) in [6, 6.07) is 19.2. The van der Waals surface area contributed by atoms with E-state index >= 15 is 0 Å². The van der Waals surface area contributed by atoms with E-state index in [1.165, 1.54) is 0 Å². The second-order valence-electron chi connectivity index (χ2n) is 4.33. The van der Waals surface area contributed by atoms with Crippen molar-refractivity contribution in [2.45, 2.75) is 17.4 Å². The molecule has 0 aliphatic rings. The average Bonchev–Trinajstić information content (AvgIpc) is 2.47. The van der Waals surface area contributed by atoms with E-state index in [0.29, 0.717) is 0 Å². The molecule has 0 amide bonds. The number of rotatable bonds is 5. The zero-order chi connectivity index (χ0) is 14.2. The van der Waals surface area contributed by atoms with Crippen molar-refractivity contribution in [2.24, 2.45) is 0 Å². The third kappa shape index (κ3) is 5.03. The minimum Gasteiger partial charge on any atom is -0.389 e. The lowest BCUT2D eigenvalue weighted by atomic mass is 10.1. The highest BCUT2D eigenvalue weighted by Crippen LogP contribution is 2.20. The Morgan fingerprint density at radius 3 is 2.30 bits per heavy atom. The standard InChI is InChI=1S/C17H16O2S/c18-15(12-11-14-7-3-1-4-8-14)13-17(19)20-16-9-5-2-6-10-16/h1-12,15,18H,13H2/b12-11+. The number of aliphatic hydroxyl groups excluding tert-OH is 1. The molecule has 0 bridgehead atoms. The fourth-order valence-corrected chi connectivity index (χ4v) is 2.50. The quantitative estimate of drug-likeness (QED) is 0.849. The van der Waals surface area contributed by atoms with Crippen LogP contribution in [0.2, 0.25) is 0 Å². The minimum atomic E-state index is -0.751. The van der Waals surface area contributed by atoms with E-state index in [9.17, 15) is 9.90 Å². The summed E-state index contributed by atoms with van der Waals surface area (Å²) in [7, 11) is 0. The van der Waals surface area contributed by atoms with Crippen molar-refractivity contribution < 1.29 is 9.90 Å². The highest BCUT2D eigenvalue weighted by molar-refractivity contribution is 8.13. The molecule has 0 radical (unpaired) electrons. The van der Waals surface area contributed by atoms with Crippen LogP contribution >= 0.6 is 11.8 Å². The average molecular weight is 284 g/mol. The van der Waals surface area contributed by atoms with E-state index in [1.807, 2.05) is 66.7 Å². The summed E-state index contributed by atoms with van der Waals surface area (Å²) in [5.41, 5.74) is 1.01. The summed E-state index contributed by atoms with van der Waals surface area (Å²) >= 11 is 1.16. The number of aliphatic hydroxyl groups is 1. The maximum absolute atomic E-state index is 11.8. The molecule has 0 saturated carbocycles. The first kappa shape index (κ1) is 14.6. The molecule has 3 heteroatoms. The van der Waals surface area contributed by atoms with Crippen LogP contribution in [-0.4, -0.2) is 16.3 Å². The highest BCUT2D eigenvalue weighted by Gasteiger charge is 2.09. The summed E-state index contributed by atoms with van der Waals surface area (Å²) in [5.74, 6) is 0. The maximum atomic E-state index is 11.8. The van der Waals surface area contributed by atoms with Gasteiger partial charge < -0.3 is 5.11 Å². The Morgan fingerprint density at radius 1 is 1.05 bits per heavy atom. The number of benzene rings is 2. The van der Waals surface area contributed by atoms with Gasteiger partial charge in [0.2, 0.25) is 0 Å². The van der Waals surface area contributed by atoms with Crippen LogP contribution in [-0.2, 0) is 4.79 Å². The largest absolute Gasteiger partial charge is 0.389 e. The summed E-state index contributed by atoms with van der Waals surface area (Å²) < 4.78 is 0. The zero-order valence-corrected chi connectivity index (χ0v) is 11.8. The number of thioether (sulfide) groups is 1. The van der Waals surface area contributed by atoms with Gasteiger partial charge in [-0.15, -0.1) is 0 Å². The predicted octanol–water partition coefficient (Wildman–Crippen LogP) is 3.77. The lowest BCUT2D eigenvalue weighted by Gasteiger charge is -2.04. The van der Waals surface area contributed by atoms with Gasteiger partial charge in [0.25, 0.3) is 0 Å². The first-order chi connectivity index (χ1) is 9.74. The Balaban J connectivity index is 1.84. The molecule has 0 heterocycles. The van der Waals surface area contributed by atoms with Gasteiger partial charge in [-0.25, -0.2) is 0 Å². The lowest BCUT2D eigenvalue weighted by molar-refractivity contribution is -0.112. The molecule has 0 fully saturated rings. The Morgan fingerprint density at radius 2 is 1.65 bits per heavy atom. The second-order valence-corrected chi connectivity index (χ2v) is 5.46. The van der Waals surface area contributed by atoms with Crippen LogP contribution in [0.1, 0.15) is 12.0 Å². The third-order valence-electron chi connectivity index (χ3n) is 2.66. The van der Waals surface area contributed by atoms with Gasteiger partial charge in [-0.05, 0) is 17.7 Å². The maximum Gasteiger partial charge on any atom is 0.196 e. The molecule has 20 heavy (non-hydrogen) atoms. The molecule has 2 aromatic carbocycles. The SMILES string of the molecule is O=C(CC(O)/C=C/c1ccccc1)Sc1ccccc1. The molecule has 1 atom stereocenters. The summed E-state index contributed by atoms with van der Waals surface area (Å²) in [4.78, 5) is 12.7. The van der Waals surface area contributed by atoms with Gasteiger partial charge in [0, 0.05) is 11.3 Å². The van der Waals surface area contributed by atoms with Crippen LogP contribution < -0.4 is 0 Å². The van der Waals surface area contributed by atoms with Crippen molar-refractivity contribution in [1.82, 2.24) is 0 Å². The van der Waals surface area contributed by atoms with E-state index in [0.717, 1.165) is 22.2 Å². The predicted molar refractivity (Wildman–Crippen MR) is 83.4 cm³/mol. The molecule has 0 aromatic heterocycles. The number of carbonyl (C=O) groups is 1. The fourth-order valence-electron chi connectivity index (χ4n) is 1.69. The van der Waals surface area contributed by atoms with Crippen molar-refractivity contribution in [3.8, 4) is 0 Å². The van der Waals surface area contributed by atoms with E-state index in [1.54, 1.807) is 6.08 Å². The Bertz CT molecular complexity index is 564. The number of hydrogen-bond acceptors (Lipinski definition) is 3. The Hall–Kier alpha value is -1.84. The molecule has 0 aliphatic heterocycles.